The Hall–Kier alpha value is -1.68. The molecule has 0 bridgehead atoms. The van der Waals surface area contributed by atoms with Gasteiger partial charge in [0.05, 0.1) is 12.6 Å². The molecule has 18 heavy (non-hydrogen) atoms. The Morgan fingerprint density at radius 2 is 2.22 bits per heavy atom. The monoisotopic (exact) mass is 259 g/mol. The first-order chi connectivity index (χ1) is 8.76. The molecule has 0 fully saturated rings. The summed E-state index contributed by atoms with van der Waals surface area (Å²) in [4.78, 5) is 4.67. The molecule has 3 nitrogen and oxygen atoms in total. The Bertz CT molecular complexity index is 637. The standard InChI is InChI=1S/C14H13NO2S/c1-9-8-18-14-11(7-17-9)5-10-6-12(16-2)3-4-13(10)15-14/h3-6,8H,7H2,1-2H3. The topological polar surface area (TPSA) is 31.4 Å². The second-order valence-electron chi connectivity index (χ2n) is 4.15. The van der Waals surface area contributed by atoms with Crippen molar-refractivity contribution in [2.75, 3.05) is 7.11 Å². The Kier molecular flexibility index (Phi) is 2.88. The van der Waals surface area contributed by atoms with Crippen molar-refractivity contribution in [2.45, 2.75) is 18.6 Å². The number of methoxy groups -OCH3 is 1. The van der Waals surface area contributed by atoms with E-state index in [1.165, 1.54) is 0 Å². The maximum atomic E-state index is 5.60. The Labute approximate surface area is 110 Å². The van der Waals surface area contributed by atoms with Crippen LogP contribution in [0.15, 0.2) is 40.5 Å². The van der Waals surface area contributed by atoms with E-state index < -0.39 is 0 Å². The first-order valence-corrected chi connectivity index (χ1v) is 6.58. The second-order valence-corrected chi connectivity index (χ2v) is 5.00. The van der Waals surface area contributed by atoms with E-state index in [0.717, 1.165) is 33.0 Å². The molecule has 1 aromatic heterocycles. The molecule has 1 aliphatic rings. The molecule has 0 unspecified atom stereocenters. The Morgan fingerprint density at radius 3 is 3.06 bits per heavy atom. The number of rotatable bonds is 1. The van der Waals surface area contributed by atoms with Gasteiger partial charge in [-0.25, -0.2) is 4.98 Å². The van der Waals surface area contributed by atoms with Crippen LogP contribution >= 0.6 is 11.8 Å². The van der Waals surface area contributed by atoms with Crippen LogP contribution in [0.25, 0.3) is 10.9 Å². The Balaban J connectivity index is 2.13. The first kappa shape index (κ1) is 11.4. The van der Waals surface area contributed by atoms with Crippen molar-refractivity contribution in [3.8, 4) is 5.75 Å². The SMILES string of the molecule is COc1ccc2nc3c(cc2c1)COC(C)=CS3. The highest BCUT2D eigenvalue weighted by Gasteiger charge is 2.11. The summed E-state index contributed by atoms with van der Waals surface area (Å²) in [6.07, 6.45) is 0. The van der Waals surface area contributed by atoms with Gasteiger partial charge in [-0.3, -0.25) is 0 Å². The van der Waals surface area contributed by atoms with Gasteiger partial charge in [0.1, 0.15) is 23.1 Å². The highest BCUT2D eigenvalue weighted by molar-refractivity contribution is 8.02. The number of ether oxygens (including phenoxy) is 2. The summed E-state index contributed by atoms with van der Waals surface area (Å²) in [5.41, 5.74) is 2.10. The fourth-order valence-corrected chi connectivity index (χ4v) is 2.64. The minimum absolute atomic E-state index is 0.574. The molecule has 1 aliphatic heterocycles. The van der Waals surface area contributed by atoms with Crippen LogP contribution in [0.1, 0.15) is 12.5 Å². The minimum atomic E-state index is 0.574. The maximum Gasteiger partial charge on any atom is 0.119 e. The molecule has 4 heteroatoms. The van der Waals surface area contributed by atoms with E-state index in [-0.39, 0.29) is 0 Å². The summed E-state index contributed by atoms with van der Waals surface area (Å²) < 4.78 is 10.8. The van der Waals surface area contributed by atoms with Gasteiger partial charge in [-0.15, -0.1) is 0 Å². The predicted molar refractivity (Wildman–Crippen MR) is 72.7 cm³/mol. The van der Waals surface area contributed by atoms with E-state index in [1.807, 2.05) is 30.5 Å². The zero-order chi connectivity index (χ0) is 12.5. The summed E-state index contributed by atoms with van der Waals surface area (Å²) >= 11 is 1.61. The molecule has 0 saturated heterocycles. The summed E-state index contributed by atoms with van der Waals surface area (Å²) in [5.74, 6) is 1.78. The van der Waals surface area contributed by atoms with Crippen molar-refractivity contribution in [1.29, 1.82) is 0 Å². The van der Waals surface area contributed by atoms with Crippen molar-refractivity contribution in [2.24, 2.45) is 0 Å². The molecular weight excluding hydrogens is 246 g/mol. The van der Waals surface area contributed by atoms with Crippen LogP contribution in [0, 0.1) is 0 Å². The lowest BCUT2D eigenvalue weighted by atomic mass is 10.1. The number of aromatic nitrogens is 1. The van der Waals surface area contributed by atoms with E-state index >= 15 is 0 Å². The zero-order valence-corrected chi connectivity index (χ0v) is 11.1. The predicted octanol–water partition coefficient (Wildman–Crippen LogP) is 3.73. The molecule has 2 heterocycles. The van der Waals surface area contributed by atoms with Gasteiger partial charge in [0.15, 0.2) is 0 Å². The van der Waals surface area contributed by atoms with Crippen LogP contribution in [-0.2, 0) is 11.3 Å². The zero-order valence-electron chi connectivity index (χ0n) is 10.3. The van der Waals surface area contributed by atoms with E-state index in [1.54, 1.807) is 18.9 Å². The molecule has 1 aromatic carbocycles. The molecule has 0 radical (unpaired) electrons. The number of fused-ring (bicyclic) bond motifs is 2. The number of pyridine rings is 1. The number of hydrogen-bond donors (Lipinski definition) is 0. The van der Waals surface area contributed by atoms with E-state index in [0.29, 0.717) is 6.61 Å². The van der Waals surface area contributed by atoms with Crippen LogP contribution in [0.2, 0.25) is 0 Å². The van der Waals surface area contributed by atoms with Crippen LogP contribution in [0.5, 0.6) is 5.75 Å². The maximum absolute atomic E-state index is 5.60. The average Bonchev–Trinajstić information content (AvgIpc) is 2.58. The van der Waals surface area contributed by atoms with Gasteiger partial charge in [-0.05, 0) is 31.2 Å². The quantitative estimate of drug-likeness (QED) is 0.781. The van der Waals surface area contributed by atoms with Crippen LogP contribution in [0.3, 0.4) is 0 Å². The van der Waals surface area contributed by atoms with Crippen molar-refractivity contribution in [3.05, 3.63) is 41.0 Å². The number of benzene rings is 1. The molecule has 0 atom stereocenters. The fraction of sp³-hybridized carbons (Fsp3) is 0.214. The van der Waals surface area contributed by atoms with Gasteiger partial charge in [-0.2, -0.15) is 0 Å². The summed E-state index contributed by atoms with van der Waals surface area (Å²) in [5, 5.41) is 4.09. The number of thioether (sulfide) groups is 1. The molecular formula is C14H13NO2S. The van der Waals surface area contributed by atoms with Crippen LogP contribution in [0.4, 0.5) is 0 Å². The summed E-state index contributed by atoms with van der Waals surface area (Å²) in [6.45, 7) is 2.53. The fourth-order valence-electron chi connectivity index (χ4n) is 1.88. The van der Waals surface area contributed by atoms with Crippen molar-refractivity contribution in [3.63, 3.8) is 0 Å². The van der Waals surface area contributed by atoms with Crippen LogP contribution in [-0.4, -0.2) is 12.1 Å². The lowest BCUT2D eigenvalue weighted by Crippen LogP contribution is -1.94. The second kappa shape index (κ2) is 4.53. The third kappa shape index (κ3) is 2.04. The molecule has 0 spiro atoms. The van der Waals surface area contributed by atoms with Crippen molar-refractivity contribution < 1.29 is 9.47 Å². The van der Waals surface area contributed by atoms with Gasteiger partial charge in [0, 0.05) is 16.4 Å². The van der Waals surface area contributed by atoms with Gasteiger partial charge in [0.25, 0.3) is 0 Å². The highest BCUT2D eigenvalue weighted by Crippen LogP contribution is 2.31. The number of hydrogen-bond acceptors (Lipinski definition) is 4. The van der Waals surface area contributed by atoms with Crippen molar-refractivity contribution in [1.82, 2.24) is 4.98 Å². The molecule has 92 valence electrons. The van der Waals surface area contributed by atoms with Crippen LogP contribution < -0.4 is 4.74 Å². The van der Waals surface area contributed by atoms with Gasteiger partial charge in [0.2, 0.25) is 0 Å². The molecule has 3 rings (SSSR count). The van der Waals surface area contributed by atoms with Gasteiger partial charge < -0.3 is 9.47 Å². The summed E-state index contributed by atoms with van der Waals surface area (Å²) in [7, 11) is 1.67. The lowest BCUT2D eigenvalue weighted by molar-refractivity contribution is 0.200. The third-order valence-electron chi connectivity index (χ3n) is 2.85. The number of allylic oxidation sites excluding steroid dienone is 1. The largest absolute Gasteiger partial charge is 0.497 e. The smallest absolute Gasteiger partial charge is 0.119 e. The van der Waals surface area contributed by atoms with E-state index in [9.17, 15) is 0 Å². The molecule has 0 saturated carbocycles. The Morgan fingerprint density at radius 1 is 1.33 bits per heavy atom. The van der Waals surface area contributed by atoms with E-state index in [4.69, 9.17) is 9.47 Å². The first-order valence-electron chi connectivity index (χ1n) is 5.70. The third-order valence-corrected chi connectivity index (χ3v) is 3.88. The van der Waals surface area contributed by atoms with Crippen molar-refractivity contribution >= 4 is 22.7 Å². The van der Waals surface area contributed by atoms with Gasteiger partial charge >= 0.3 is 0 Å². The van der Waals surface area contributed by atoms with E-state index in [2.05, 4.69) is 11.1 Å². The lowest BCUT2D eigenvalue weighted by Gasteiger charge is -2.08. The van der Waals surface area contributed by atoms with Gasteiger partial charge in [-0.1, -0.05) is 11.8 Å². The molecule has 2 aromatic rings. The normalized spacial score (nSPS) is 14.4. The molecule has 0 N–H and O–H groups in total. The molecule has 0 aliphatic carbocycles. The molecule has 0 amide bonds. The highest BCUT2D eigenvalue weighted by atomic mass is 32.2. The average molecular weight is 259 g/mol. The minimum Gasteiger partial charge on any atom is -0.497 e. The number of nitrogens with zero attached hydrogens (tertiary/aromatic N) is 1. The summed E-state index contributed by atoms with van der Waals surface area (Å²) in [6, 6.07) is 8.04.